The van der Waals surface area contributed by atoms with Gasteiger partial charge in [-0.2, -0.15) is 11.6 Å². The van der Waals surface area contributed by atoms with Gasteiger partial charge >= 0.3 is 99.2 Å². The Morgan fingerprint density at radius 2 is 1.11 bits per heavy atom. The van der Waals surface area contributed by atoms with E-state index in [2.05, 4.69) is 141 Å². The fourth-order valence-electron chi connectivity index (χ4n) is 9.28. The monoisotopic (exact) mass is 732 g/mol. The number of hydrogen-bond donors (Lipinski definition) is 0. The Hall–Kier alpha value is -2.44. The van der Waals surface area contributed by atoms with Crippen LogP contribution in [0.25, 0.3) is 21.5 Å². The Balaban J connectivity index is 0.000000138. The molecule has 47 heavy (non-hydrogen) atoms. The van der Waals surface area contributed by atoms with Gasteiger partial charge in [0.25, 0.3) is 0 Å². The van der Waals surface area contributed by atoms with Gasteiger partial charge in [0.05, 0.1) is 0 Å². The molecule has 5 aliphatic carbocycles. The first-order chi connectivity index (χ1) is 21.9. The Labute approximate surface area is 309 Å². The molecule has 0 nitrogen and oxygen atoms in total. The molecule has 0 spiro atoms. The largest absolute Gasteiger partial charge is 0.126 e. The quantitative estimate of drug-likeness (QED) is 0.216. The van der Waals surface area contributed by atoms with Crippen LogP contribution in [0.5, 0.6) is 0 Å². The average Bonchev–Trinajstić information content (AvgIpc) is 3.59. The van der Waals surface area contributed by atoms with E-state index in [1.54, 1.807) is 44.1 Å². The second-order valence-electron chi connectivity index (χ2n) is 14.3. The van der Waals surface area contributed by atoms with Gasteiger partial charge in [0, 0.05) is 0 Å². The van der Waals surface area contributed by atoms with Crippen LogP contribution in [0.15, 0.2) is 132 Å². The minimum Gasteiger partial charge on any atom is -0.126 e. The maximum Gasteiger partial charge on any atom is -0.0771 e. The molecule has 0 aliphatic heterocycles. The number of allylic oxidation sites excluding steroid dienone is 4. The second-order valence-corrected chi connectivity index (χ2v) is 15.5. The van der Waals surface area contributed by atoms with Gasteiger partial charge in [0.1, 0.15) is 0 Å². The number of halogens is 2. The molecule has 1 atom stereocenters. The molecule has 0 saturated heterocycles. The molecular weight excluding hydrogens is 691 g/mol. The van der Waals surface area contributed by atoms with Gasteiger partial charge in [-0.3, -0.25) is 6.08 Å². The van der Waals surface area contributed by atoms with Crippen LogP contribution in [0.4, 0.5) is 0 Å². The third-order valence-electron chi connectivity index (χ3n) is 10.8. The topological polar surface area (TPSA) is 0 Å². The van der Waals surface area contributed by atoms with E-state index in [0.717, 1.165) is 17.8 Å². The van der Waals surface area contributed by atoms with E-state index in [9.17, 15) is 0 Å². The molecule has 4 fully saturated rings. The van der Waals surface area contributed by atoms with Gasteiger partial charge in [0.2, 0.25) is 0 Å². The maximum absolute atomic E-state index is 3.57. The van der Waals surface area contributed by atoms with Gasteiger partial charge in [-0.1, -0.05) is 62.6 Å². The predicted octanol–water partition coefficient (Wildman–Crippen LogP) is 5.44. The third-order valence-corrected chi connectivity index (χ3v) is 12.2. The van der Waals surface area contributed by atoms with Gasteiger partial charge in [-0.05, 0) is 61.7 Å². The van der Waals surface area contributed by atoms with E-state index >= 15 is 0 Å². The van der Waals surface area contributed by atoms with Crippen molar-refractivity contribution in [3.8, 4) is 0 Å². The van der Waals surface area contributed by atoms with Crippen LogP contribution in [0.3, 0.4) is 0 Å². The Bertz CT molecular complexity index is 1720. The summed E-state index contributed by atoms with van der Waals surface area (Å²) in [6, 6.07) is 40.4. The summed E-state index contributed by atoms with van der Waals surface area (Å²) in [5.41, 5.74) is 6.46. The SMILES string of the molecule is CC1=[C-]C(C)C=C1CC12CC3CC(CC(C3)C1)C2.[Cl-].[Cl-].[Zr+2]=[C](c1ccccc1)c1ccccc1.c1ccc2c(c1)[cH-]c1ccccc12. The van der Waals surface area contributed by atoms with Crippen LogP contribution in [0, 0.1) is 35.2 Å². The van der Waals surface area contributed by atoms with E-state index in [4.69, 9.17) is 0 Å². The van der Waals surface area contributed by atoms with E-state index in [1.807, 2.05) is 0 Å². The number of fused-ring (bicyclic) bond motifs is 3. The zero-order valence-corrected chi connectivity index (χ0v) is 31.5. The van der Waals surface area contributed by atoms with E-state index in [-0.39, 0.29) is 24.8 Å². The van der Waals surface area contributed by atoms with E-state index in [1.165, 1.54) is 72.1 Å². The minimum absolute atomic E-state index is 0. The molecule has 240 valence electrons. The zero-order valence-electron chi connectivity index (χ0n) is 27.6. The summed E-state index contributed by atoms with van der Waals surface area (Å²) in [4.78, 5) is 0. The van der Waals surface area contributed by atoms with Crippen LogP contribution in [0.2, 0.25) is 0 Å². The number of benzene rings is 4. The molecule has 0 heterocycles. The summed E-state index contributed by atoms with van der Waals surface area (Å²) < 4.78 is 1.42. The molecule has 0 N–H and O–H groups in total. The Kier molecular flexibility index (Phi) is 12.1. The average molecular weight is 735 g/mol. The van der Waals surface area contributed by atoms with Gasteiger partial charge < -0.3 is 24.8 Å². The molecule has 10 rings (SSSR count). The fraction of sp³-hybridized carbons (Fsp3) is 0.318. The zero-order chi connectivity index (χ0) is 30.8. The maximum atomic E-state index is 3.57. The summed E-state index contributed by atoms with van der Waals surface area (Å²) in [7, 11) is 0. The second kappa shape index (κ2) is 15.9. The van der Waals surface area contributed by atoms with Crippen LogP contribution in [-0.2, 0) is 24.2 Å². The van der Waals surface area contributed by atoms with Crippen molar-refractivity contribution in [2.75, 3.05) is 0 Å². The predicted molar refractivity (Wildman–Crippen MR) is 188 cm³/mol. The van der Waals surface area contributed by atoms with E-state index < -0.39 is 0 Å². The first kappa shape index (κ1) is 35.9. The van der Waals surface area contributed by atoms with Crippen LogP contribution in [0.1, 0.15) is 69.9 Å². The van der Waals surface area contributed by atoms with Crippen LogP contribution >= 0.6 is 0 Å². The molecule has 4 saturated carbocycles. The normalized spacial score (nSPS) is 24.9. The van der Waals surface area contributed by atoms with Gasteiger partial charge in [-0.25, -0.2) is 5.57 Å². The molecule has 0 amide bonds. The van der Waals surface area contributed by atoms with Crippen molar-refractivity contribution < 1.29 is 49.0 Å². The van der Waals surface area contributed by atoms with E-state index in [0.29, 0.717) is 11.3 Å². The number of rotatable bonds is 4. The fourth-order valence-corrected chi connectivity index (χ4v) is 10.1. The molecule has 5 aliphatic rings. The van der Waals surface area contributed by atoms with Gasteiger partial charge in [-0.15, -0.1) is 39.7 Å². The van der Waals surface area contributed by atoms with Crippen molar-refractivity contribution >= 4 is 24.8 Å². The first-order valence-corrected chi connectivity index (χ1v) is 18.2. The molecule has 1 unspecified atom stereocenters. The summed E-state index contributed by atoms with van der Waals surface area (Å²) in [5.74, 6) is 3.82. The van der Waals surface area contributed by atoms with Crippen molar-refractivity contribution in [2.45, 2.75) is 58.8 Å². The van der Waals surface area contributed by atoms with Gasteiger partial charge in [0.15, 0.2) is 0 Å². The minimum atomic E-state index is 0. The molecular formula is C44H44Cl2Zr-2. The Morgan fingerprint density at radius 3 is 1.53 bits per heavy atom. The molecule has 0 radical (unpaired) electrons. The van der Waals surface area contributed by atoms with Crippen LogP contribution < -0.4 is 24.8 Å². The van der Waals surface area contributed by atoms with Crippen molar-refractivity contribution in [3.63, 3.8) is 0 Å². The van der Waals surface area contributed by atoms with Crippen molar-refractivity contribution in [1.82, 2.24) is 0 Å². The summed E-state index contributed by atoms with van der Waals surface area (Å²) >= 11 is 1.46. The third kappa shape index (κ3) is 8.24. The molecule has 0 aromatic heterocycles. The molecule has 5 aromatic rings. The standard InChI is InChI=1S/C18H25.C13H9.C13H10.2ClH.Zr/c1-12-3-13(2)17(4-12)11-18-8-14-5-15(9-18)7-16(6-14)10-18;1-3-7-12-10(5-1)9-11-6-2-4-8-13(11)12;1-3-7-12(8-4-1)11-13-9-5-2-6-10-13;;;/h4,12,14-16H,5-11H2,1-2H3;1-9H;1-10H;2*1H;/q2*-1;;;;+2/p-2. The smallest absolute Gasteiger partial charge is 0.0771 e. The molecule has 5 aromatic carbocycles. The summed E-state index contributed by atoms with van der Waals surface area (Å²) in [6.45, 7) is 4.55. The Morgan fingerprint density at radius 1 is 0.681 bits per heavy atom. The van der Waals surface area contributed by atoms with Crippen LogP contribution in [-0.4, -0.2) is 3.21 Å². The molecule has 3 heteroatoms. The first-order valence-electron chi connectivity index (χ1n) is 17.0. The number of hydrogen-bond acceptors (Lipinski definition) is 0. The van der Waals surface area contributed by atoms with Crippen molar-refractivity contribution in [2.24, 2.45) is 29.1 Å². The summed E-state index contributed by atoms with van der Waals surface area (Å²) in [6.07, 6.45) is 16.7. The summed E-state index contributed by atoms with van der Waals surface area (Å²) in [5, 5.41) is 5.39. The van der Waals surface area contributed by atoms with Crippen molar-refractivity contribution in [1.29, 1.82) is 0 Å². The molecule has 4 bridgehead atoms. The van der Waals surface area contributed by atoms with Crippen molar-refractivity contribution in [3.05, 3.63) is 150 Å².